The van der Waals surface area contributed by atoms with Gasteiger partial charge in [-0.1, -0.05) is 6.07 Å². The lowest BCUT2D eigenvalue weighted by atomic mass is 9.95. The van der Waals surface area contributed by atoms with Gasteiger partial charge in [0.1, 0.15) is 17.1 Å². The molecule has 12 nitrogen and oxygen atoms in total. The van der Waals surface area contributed by atoms with Gasteiger partial charge in [0.2, 0.25) is 5.91 Å². The smallest absolute Gasteiger partial charge is 0.322 e. The standard InChI is InChI=1S/C26H25FN6O6/c1-3-31-8-9-32(12-20(31)34)19-7-6-16-15(28-19)10-18(39-16)26(24(36)29-25(37)30-26)13-33-11-14-4-5-17(38-2)22(27)21(14)23(33)35/h4-7,10H,3,8-9,11-13H2,1-2H3,(H2,29,30,36,37)/t26-/m0/s1. The number of likely N-dealkylation sites (N-methyl/N-ethyl adjacent to an activating group) is 1. The van der Waals surface area contributed by atoms with E-state index in [1.807, 2.05) is 11.8 Å². The van der Waals surface area contributed by atoms with Crippen molar-refractivity contribution < 1.29 is 32.7 Å². The quantitative estimate of drug-likeness (QED) is 0.451. The Kier molecular flexibility index (Phi) is 5.66. The van der Waals surface area contributed by atoms with Crippen molar-refractivity contribution in [1.29, 1.82) is 0 Å². The lowest BCUT2D eigenvalue weighted by Gasteiger charge is -2.34. The number of nitrogens with zero attached hydrogens (tertiary/aromatic N) is 4. The molecule has 0 aliphatic carbocycles. The zero-order valence-corrected chi connectivity index (χ0v) is 21.2. The molecule has 2 N–H and O–H groups in total. The molecule has 2 fully saturated rings. The minimum atomic E-state index is -1.76. The summed E-state index contributed by atoms with van der Waals surface area (Å²) in [5.74, 6) is -1.55. The summed E-state index contributed by atoms with van der Waals surface area (Å²) in [7, 11) is 1.30. The Balaban J connectivity index is 1.33. The Morgan fingerprint density at radius 1 is 1.10 bits per heavy atom. The van der Waals surface area contributed by atoms with Crippen molar-refractivity contribution in [3.8, 4) is 5.75 Å². The first-order chi connectivity index (χ1) is 18.7. The molecule has 0 bridgehead atoms. The van der Waals surface area contributed by atoms with Gasteiger partial charge in [0, 0.05) is 32.2 Å². The van der Waals surface area contributed by atoms with Crippen LogP contribution in [-0.2, 0) is 21.7 Å². The van der Waals surface area contributed by atoms with Crippen molar-refractivity contribution >= 4 is 40.7 Å². The average molecular weight is 537 g/mol. The van der Waals surface area contributed by atoms with Crippen LogP contribution in [0, 0.1) is 5.82 Å². The maximum Gasteiger partial charge on any atom is 0.322 e. The first-order valence-electron chi connectivity index (χ1n) is 12.5. The van der Waals surface area contributed by atoms with Crippen LogP contribution in [0.25, 0.3) is 11.1 Å². The molecule has 0 unspecified atom stereocenters. The third kappa shape index (κ3) is 3.83. The molecule has 0 saturated carbocycles. The number of amides is 5. The topological polar surface area (TPSA) is 137 Å². The minimum absolute atomic E-state index is 0.00755. The maximum absolute atomic E-state index is 14.9. The number of methoxy groups -OCH3 is 1. The number of carbonyl (C=O) groups excluding carboxylic acids is 4. The van der Waals surface area contributed by atoms with Gasteiger partial charge >= 0.3 is 6.03 Å². The number of carbonyl (C=O) groups is 4. The first-order valence-corrected chi connectivity index (χ1v) is 12.5. The SMILES string of the molecule is CCN1CCN(c2ccc3oc([C@]4(CN5Cc6ccc(OC)c(F)c6C5=O)NC(=O)NC4=O)cc3n2)CC1=O. The van der Waals surface area contributed by atoms with Crippen LogP contribution >= 0.6 is 0 Å². The number of ether oxygens (including phenoxy) is 1. The van der Waals surface area contributed by atoms with Crippen LogP contribution < -0.4 is 20.3 Å². The number of furan rings is 1. The number of hydrogen-bond acceptors (Lipinski definition) is 8. The molecule has 39 heavy (non-hydrogen) atoms. The molecule has 1 atom stereocenters. The molecule has 13 heteroatoms. The summed E-state index contributed by atoms with van der Waals surface area (Å²) in [6.45, 7) is 3.69. The lowest BCUT2D eigenvalue weighted by Crippen LogP contribution is -2.52. The number of fused-ring (bicyclic) bond motifs is 2. The highest BCUT2D eigenvalue weighted by Gasteiger charge is 2.53. The predicted molar refractivity (Wildman–Crippen MR) is 135 cm³/mol. The first kappa shape index (κ1) is 24.6. The fourth-order valence-electron chi connectivity index (χ4n) is 5.36. The van der Waals surface area contributed by atoms with E-state index >= 15 is 0 Å². The van der Waals surface area contributed by atoms with Gasteiger partial charge in [-0.05, 0) is 30.7 Å². The molecule has 3 aliphatic heterocycles. The lowest BCUT2D eigenvalue weighted by molar-refractivity contribution is -0.130. The molecule has 0 radical (unpaired) electrons. The number of pyridine rings is 1. The van der Waals surface area contributed by atoms with Crippen LogP contribution in [0.1, 0.15) is 28.6 Å². The summed E-state index contributed by atoms with van der Waals surface area (Å²) < 4.78 is 25.9. The molecule has 3 aromatic rings. The van der Waals surface area contributed by atoms with Gasteiger partial charge < -0.3 is 29.2 Å². The van der Waals surface area contributed by atoms with E-state index in [1.165, 1.54) is 24.1 Å². The third-order valence-corrected chi connectivity index (χ3v) is 7.45. The maximum atomic E-state index is 14.9. The van der Waals surface area contributed by atoms with E-state index in [9.17, 15) is 23.6 Å². The average Bonchev–Trinajstić information content (AvgIpc) is 3.57. The number of benzene rings is 1. The monoisotopic (exact) mass is 536 g/mol. The van der Waals surface area contributed by atoms with Crippen LogP contribution in [0.15, 0.2) is 34.7 Å². The van der Waals surface area contributed by atoms with Gasteiger partial charge in [0.25, 0.3) is 11.8 Å². The second-order valence-corrected chi connectivity index (χ2v) is 9.65. The normalized spacial score (nSPS) is 21.1. The van der Waals surface area contributed by atoms with Gasteiger partial charge in [0.05, 0.1) is 25.8 Å². The Bertz CT molecular complexity index is 1560. The minimum Gasteiger partial charge on any atom is -0.494 e. The number of hydrogen-bond donors (Lipinski definition) is 2. The van der Waals surface area contributed by atoms with Gasteiger partial charge in [-0.25, -0.2) is 14.2 Å². The highest BCUT2D eigenvalue weighted by atomic mass is 19.1. The van der Waals surface area contributed by atoms with E-state index in [0.29, 0.717) is 42.1 Å². The van der Waals surface area contributed by atoms with Crippen molar-refractivity contribution in [1.82, 2.24) is 25.4 Å². The predicted octanol–water partition coefficient (Wildman–Crippen LogP) is 1.33. The molecule has 2 saturated heterocycles. The largest absolute Gasteiger partial charge is 0.494 e. The molecule has 202 valence electrons. The molecule has 1 aromatic carbocycles. The van der Waals surface area contributed by atoms with Crippen molar-refractivity contribution in [3.63, 3.8) is 0 Å². The van der Waals surface area contributed by atoms with Gasteiger partial charge in [0.15, 0.2) is 22.7 Å². The van der Waals surface area contributed by atoms with E-state index in [4.69, 9.17) is 9.15 Å². The van der Waals surface area contributed by atoms with Gasteiger partial charge in [-0.3, -0.25) is 19.7 Å². The van der Waals surface area contributed by atoms with Crippen LogP contribution in [0.3, 0.4) is 0 Å². The Morgan fingerprint density at radius 2 is 1.92 bits per heavy atom. The van der Waals surface area contributed by atoms with Crippen LogP contribution in [0.4, 0.5) is 15.0 Å². The van der Waals surface area contributed by atoms with Crippen LogP contribution in [-0.4, -0.2) is 78.4 Å². The highest BCUT2D eigenvalue weighted by Crippen LogP contribution is 2.36. The third-order valence-electron chi connectivity index (χ3n) is 7.45. The summed E-state index contributed by atoms with van der Waals surface area (Å²) >= 11 is 0. The fourth-order valence-corrected chi connectivity index (χ4v) is 5.36. The summed E-state index contributed by atoms with van der Waals surface area (Å²) in [6.07, 6.45) is 0. The zero-order chi connectivity index (χ0) is 27.5. The number of aromatic nitrogens is 1. The number of rotatable bonds is 6. The molecule has 5 amide bonds. The number of piperazine rings is 1. The summed E-state index contributed by atoms with van der Waals surface area (Å²) in [4.78, 5) is 60.6. The molecule has 2 aromatic heterocycles. The second-order valence-electron chi connectivity index (χ2n) is 9.65. The molecular formula is C26H25FN6O6. The number of anilines is 1. The molecule has 3 aliphatic rings. The van der Waals surface area contributed by atoms with Crippen molar-refractivity contribution in [2.45, 2.75) is 19.0 Å². The van der Waals surface area contributed by atoms with Crippen LogP contribution in [0.2, 0.25) is 0 Å². The Morgan fingerprint density at radius 3 is 2.62 bits per heavy atom. The number of nitrogens with one attached hydrogen (secondary N) is 2. The summed E-state index contributed by atoms with van der Waals surface area (Å²) in [6, 6.07) is 7.21. The van der Waals surface area contributed by atoms with Crippen molar-refractivity contribution in [2.24, 2.45) is 0 Å². The number of urea groups is 1. The molecule has 5 heterocycles. The summed E-state index contributed by atoms with van der Waals surface area (Å²) in [5, 5.41) is 4.82. The van der Waals surface area contributed by atoms with Gasteiger partial charge in [-0.15, -0.1) is 0 Å². The van der Waals surface area contributed by atoms with Crippen molar-refractivity contribution in [3.05, 3.63) is 53.0 Å². The van der Waals surface area contributed by atoms with E-state index in [-0.39, 0.29) is 42.6 Å². The van der Waals surface area contributed by atoms with E-state index in [0.717, 1.165) is 0 Å². The fraction of sp³-hybridized carbons (Fsp3) is 0.346. The molecule has 0 spiro atoms. The number of imide groups is 1. The molecular weight excluding hydrogens is 511 g/mol. The Labute approximate surface area is 221 Å². The summed E-state index contributed by atoms with van der Waals surface area (Å²) in [5.41, 5.74) is -0.700. The van der Waals surface area contributed by atoms with E-state index in [2.05, 4.69) is 15.6 Å². The Hall–Kier alpha value is -4.68. The highest BCUT2D eigenvalue weighted by molar-refractivity contribution is 6.08. The van der Waals surface area contributed by atoms with E-state index in [1.54, 1.807) is 23.1 Å². The van der Waals surface area contributed by atoms with Crippen LogP contribution in [0.5, 0.6) is 5.75 Å². The van der Waals surface area contributed by atoms with Gasteiger partial charge in [-0.2, -0.15) is 0 Å². The van der Waals surface area contributed by atoms with Crippen molar-refractivity contribution in [2.75, 3.05) is 44.7 Å². The number of halogens is 1. The second kappa shape index (κ2) is 8.96. The van der Waals surface area contributed by atoms with E-state index < -0.39 is 29.2 Å². The zero-order valence-electron chi connectivity index (χ0n) is 21.2. The molecule has 6 rings (SSSR count).